The lowest BCUT2D eigenvalue weighted by Crippen LogP contribution is -2.22. The lowest BCUT2D eigenvalue weighted by Gasteiger charge is -2.09. The summed E-state index contributed by atoms with van der Waals surface area (Å²) >= 11 is 0. The molecule has 3 N–H and O–H groups in total. The van der Waals surface area contributed by atoms with Crippen LogP contribution in [0.3, 0.4) is 0 Å². The molecule has 0 unspecified atom stereocenters. The largest absolute Gasteiger partial charge is 0.457 e. The highest BCUT2D eigenvalue weighted by atomic mass is 16.5. The minimum atomic E-state index is 0.331. The quantitative estimate of drug-likeness (QED) is 0.475. The fourth-order valence-electron chi connectivity index (χ4n) is 2.73. The van der Waals surface area contributed by atoms with Gasteiger partial charge in [-0.1, -0.05) is 43.3 Å². The van der Waals surface area contributed by atoms with Crippen molar-refractivity contribution in [1.29, 1.82) is 0 Å². The van der Waals surface area contributed by atoms with Crippen LogP contribution in [-0.4, -0.2) is 11.1 Å². The van der Waals surface area contributed by atoms with Crippen molar-refractivity contribution in [3.8, 4) is 11.5 Å². The molecule has 0 atom stereocenters. The van der Waals surface area contributed by atoms with Crippen LogP contribution < -0.4 is 15.8 Å². The maximum absolute atomic E-state index is 6.06. The van der Waals surface area contributed by atoms with Crippen molar-refractivity contribution in [2.45, 2.75) is 33.2 Å². The molecule has 0 spiro atoms. The maximum atomic E-state index is 6.06. The van der Waals surface area contributed by atoms with E-state index in [2.05, 4.69) is 15.5 Å². The zero-order valence-electron chi connectivity index (χ0n) is 15.6. The van der Waals surface area contributed by atoms with E-state index >= 15 is 0 Å². The molecular weight excluding hydrogens is 340 g/mol. The number of aryl methyl sites for hydroxylation is 2. The maximum Gasteiger partial charge on any atom is 0.193 e. The van der Waals surface area contributed by atoms with Crippen LogP contribution in [0.15, 0.2) is 64.1 Å². The predicted molar refractivity (Wildman–Crippen MR) is 107 cm³/mol. The fraction of sp³-hybridized carbons (Fsp3) is 0.238. The predicted octanol–water partition coefficient (Wildman–Crippen LogP) is 4.52. The number of nitrogens with zero attached hydrogens (tertiary/aromatic N) is 2. The Hall–Kier alpha value is -3.28. The van der Waals surface area contributed by atoms with Crippen LogP contribution >= 0.6 is 0 Å². The van der Waals surface area contributed by atoms with Crippen molar-refractivity contribution in [3.05, 3.63) is 71.6 Å². The second-order valence-corrected chi connectivity index (χ2v) is 6.01. The monoisotopic (exact) mass is 364 g/mol. The Balaban J connectivity index is 1.67. The molecule has 1 aromatic heterocycles. The standard InChI is InChI=1S/C21H24N4O2/c1-3-19-18(20(4-2)27-25-19)14-23-21(22)24-15-9-8-12-17(13-15)26-16-10-6-5-7-11-16/h5-13H,3-4,14H2,1-2H3,(H3,22,23,24). The third-order valence-electron chi connectivity index (χ3n) is 4.10. The summed E-state index contributed by atoms with van der Waals surface area (Å²) in [6, 6.07) is 17.2. The molecule has 3 rings (SSSR count). The van der Waals surface area contributed by atoms with Crippen LogP contribution in [0.4, 0.5) is 5.69 Å². The van der Waals surface area contributed by atoms with E-state index in [1.54, 1.807) is 0 Å². The van der Waals surface area contributed by atoms with Crippen molar-refractivity contribution in [1.82, 2.24) is 5.16 Å². The van der Waals surface area contributed by atoms with Crippen LogP contribution in [0.2, 0.25) is 0 Å². The molecule has 6 heteroatoms. The van der Waals surface area contributed by atoms with E-state index < -0.39 is 0 Å². The first-order valence-electron chi connectivity index (χ1n) is 9.05. The van der Waals surface area contributed by atoms with Gasteiger partial charge >= 0.3 is 0 Å². The van der Waals surface area contributed by atoms with Gasteiger partial charge < -0.3 is 20.3 Å². The molecule has 27 heavy (non-hydrogen) atoms. The lowest BCUT2D eigenvalue weighted by molar-refractivity contribution is 0.380. The molecule has 0 aliphatic carbocycles. The average molecular weight is 364 g/mol. The molecule has 0 saturated carbocycles. The average Bonchev–Trinajstić information content (AvgIpc) is 3.09. The summed E-state index contributed by atoms with van der Waals surface area (Å²) in [5.41, 5.74) is 8.81. The molecule has 2 aromatic carbocycles. The van der Waals surface area contributed by atoms with Gasteiger partial charge in [-0.15, -0.1) is 0 Å². The van der Waals surface area contributed by atoms with Crippen molar-refractivity contribution in [2.24, 2.45) is 10.7 Å². The van der Waals surface area contributed by atoms with E-state index in [0.29, 0.717) is 12.5 Å². The van der Waals surface area contributed by atoms with Crippen molar-refractivity contribution < 1.29 is 9.26 Å². The van der Waals surface area contributed by atoms with Crippen LogP contribution in [0.25, 0.3) is 0 Å². The summed E-state index contributed by atoms with van der Waals surface area (Å²) in [4.78, 5) is 4.44. The summed E-state index contributed by atoms with van der Waals surface area (Å²) in [5.74, 6) is 2.70. The molecule has 0 saturated heterocycles. The van der Waals surface area contributed by atoms with Gasteiger partial charge in [0.05, 0.1) is 12.2 Å². The van der Waals surface area contributed by atoms with Crippen LogP contribution in [-0.2, 0) is 19.4 Å². The first kappa shape index (κ1) is 18.5. The molecular formula is C21H24N4O2. The summed E-state index contributed by atoms with van der Waals surface area (Å²) in [5, 5.41) is 7.20. The van der Waals surface area contributed by atoms with Gasteiger partial charge in [0.15, 0.2) is 5.96 Å². The number of nitrogens with one attached hydrogen (secondary N) is 1. The zero-order valence-corrected chi connectivity index (χ0v) is 15.6. The Kier molecular flexibility index (Phi) is 6.10. The number of nitrogens with two attached hydrogens (primary N) is 1. The van der Waals surface area contributed by atoms with E-state index in [9.17, 15) is 0 Å². The molecule has 0 bridgehead atoms. The number of hydrogen-bond donors (Lipinski definition) is 2. The second kappa shape index (κ2) is 8.89. The second-order valence-electron chi connectivity index (χ2n) is 6.01. The van der Waals surface area contributed by atoms with E-state index in [1.807, 2.05) is 68.4 Å². The summed E-state index contributed by atoms with van der Waals surface area (Å²) in [6.07, 6.45) is 1.59. The van der Waals surface area contributed by atoms with Gasteiger partial charge in [-0.25, -0.2) is 4.99 Å². The molecule has 140 valence electrons. The fourth-order valence-corrected chi connectivity index (χ4v) is 2.73. The highest BCUT2D eigenvalue weighted by molar-refractivity contribution is 5.92. The summed E-state index contributed by atoms with van der Waals surface area (Å²) in [7, 11) is 0. The van der Waals surface area contributed by atoms with Gasteiger partial charge in [0.25, 0.3) is 0 Å². The molecule has 0 amide bonds. The highest BCUT2D eigenvalue weighted by Crippen LogP contribution is 2.24. The minimum Gasteiger partial charge on any atom is -0.457 e. The van der Waals surface area contributed by atoms with Gasteiger partial charge in [0, 0.05) is 23.7 Å². The SMILES string of the molecule is CCc1noc(CC)c1CN=C(N)Nc1cccc(Oc2ccccc2)c1. The van der Waals surface area contributed by atoms with Gasteiger partial charge in [-0.3, -0.25) is 0 Å². The molecule has 0 fully saturated rings. The van der Waals surface area contributed by atoms with Gasteiger partial charge in [-0.2, -0.15) is 0 Å². The minimum absolute atomic E-state index is 0.331. The van der Waals surface area contributed by atoms with Crippen molar-refractivity contribution >= 4 is 11.6 Å². The number of hydrogen-bond acceptors (Lipinski definition) is 4. The van der Waals surface area contributed by atoms with Crippen LogP contribution in [0.1, 0.15) is 30.9 Å². The third kappa shape index (κ3) is 4.88. The number of aliphatic imine (C=N–C) groups is 1. The Morgan fingerprint density at radius 1 is 1.07 bits per heavy atom. The molecule has 0 radical (unpaired) electrons. The normalized spacial score (nSPS) is 11.4. The molecule has 6 nitrogen and oxygen atoms in total. The van der Waals surface area contributed by atoms with E-state index in [1.165, 1.54) is 0 Å². The topological polar surface area (TPSA) is 85.7 Å². The number of guanidine groups is 1. The zero-order chi connectivity index (χ0) is 19.1. The van der Waals surface area contributed by atoms with Gasteiger partial charge in [0.2, 0.25) is 0 Å². The number of aromatic nitrogens is 1. The van der Waals surface area contributed by atoms with E-state index in [4.69, 9.17) is 15.0 Å². The molecule has 3 aromatic rings. The smallest absolute Gasteiger partial charge is 0.193 e. The molecule has 1 heterocycles. The summed E-state index contributed by atoms with van der Waals surface area (Å²) in [6.45, 7) is 4.52. The highest BCUT2D eigenvalue weighted by Gasteiger charge is 2.12. The number of benzene rings is 2. The Labute approximate surface area is 159 Å². The summed E-state index contributed by atoms with van der Waals surface area (Å²) < 4.78 is 11.2. The number of para-hydroxylation sites is 1. The van der Waals surface area contributed by atoms with E-state index in [-0.39, 0.29) is 0 Å². The lowest BCUT2D eigenvalue weighted by atomic mass is 10.1. The molecule has 0 aliphatic heterocycles. The Morgan fingerprint density at radius 3 is 2.59 bits per heavy atom. The first-order valence-corrected chi connectivity index (χ1v) is 9.05. The van der Waals surface area contributed by atoms with Crippen molar-refractivity contribution in [2.75, 3.05) is 5.32 Å². The van der Waals surface area contributed by atoms with Crippen LogP contribution in [0.5, 0.6) is 11.5 Å². The number of ether oxygens (including phenoxy) is 1. The molecule has 0 aliphatic rings. The van der Waals surface area contributed by atoms with Gasteiger partial charge in [0.1, 0.15) is 17.3 Å². The Bertz CT molecular complexity index is 882. The third-order valence-corrected chi connectivity index (χ3v) is 4.10. The first-order chi connectivity index (χ1) is 13.2. The van der Waals surface area contributed by atoms with E-state index in [0.717, 1.165) is 47.0 Å². The van der Waals surface area contributed by atoms with Crippen molar-refractivity contribution in [3.63, 3.8) is 0 Å². The Morgan fingerprint density at radius 2 is 1.85 bits per heavy atom. The van der Waals surface area contributed by atoms with Crippen LogP contribution in [0, 0.1) is 0 Å². The number of rotatable bonds is 7. The number of anilines is 1. The van der Waals surface area contributed by atoms with Gasteiger partial charge in [-0.05, 0) is 30.7 Å².